The number of alkyl halides is 1. The Bertz CT molecular complexity index is 433. The molecule has 6 heteroatoms. The molecule has 1 fully saturated rings. The molecule has 2 rings (SSSR count). The summed E-state index contributed by atoms with van der Waals surface area (Å²) in [5.74, 6) is 1.46. The van der Waals surface area contributed by atoms with Gasteiger partial charge in [-0.3, -0.25) is 4.79 Å². The van der Waals surface area contributed by atoms with Crippen LogP contribution in [0.25, 0.3) is 0 Å². The van der Waals surface area contributed by atoms with Crippen LogP contribution in [0.4, 0.5) is 5.82 Å². The molecular weight excluding hydrogens is 350 g/mol. The standard InChI is InChI=1S/C11H15Br2N3O/c12-4-3-8-2-1-5-16(6-8)10-9(13)11(17)15-7-14-10/h7-8H,1-6H2,(H,14,15,17). The minimum Gasteiger partial charge on any atom is -0.355 e. The average molecular weight is 365 g/mol. The van der Waals surface area contributed by atoms with Gasteiger partial charge >= 0.3 is 0 Å². The van der Waals surface area contributed by atoms with Crippen LogP contribution < -0.4 is 10.5 Å². The van der Waals surface area contributed by atoms with Crippen LogP contribution in [0, 0.1) is 5.92 Å². The van der Waals surface area contributed by atoms with Crippen molar-refractivity contribution in [1.29, 1.82) is 0 Å². The molecule has 1 saturated heterocycles. The van der Waals surface area contributed by atoms with Gasteiger partial charge in [0.1, 0.15) is 10.3 Å². The van der Waals surface area contributed by atoms with E-state index in [1.165, 1.54) is 25.6 Å². The second-order valence-electron chi connectivity index (χ2n) is 4.30. The van der Waals surface area contributed by atoms with Gasteiger partial charge in [0, 0.05) is 18.4 Å². The van der Waals surface area contributed by atoms with Crippen molar-refractivity contribution in [2.45, 2.75) is 19.3 Å². The topological polar surface area (TPSA) is 49.0 Å². The van der Waals surface area contributed by atoms with Gasteiger partial charge in [0.05, 0.1) is 6.33 Å². The van der Waals surface area contributed by atoms with Crippen LogP contribution >= 0.6 is 31.9 Å². The number of piperidine rings is 1. The Morgan fingerprint density at radius 1 is 1.59 bits per heavy atom. The van der Waals surface area contributed by atoms with Crippen molar-refractivity contribution in [2.75, 3.05) is 23.3 Å². The Labute approximate surface area is 117 Å². The summed E-state index contributed by atoms with van der Waals surface area (Å²) >= 11 is 6.81. The molecule has 1 atom stereocenters. The highest BCUT2D eigenvalue weighted by Crippen LogP contribution is 2.27. The monoisotopic (exact) mass is 363 g/mol. The minimum atomic E-state index is -0.113. The first kappa shape index (κ1) is 13.1. The van der Waals surface area contributed by atoms with E-state index in [2.05, 4.69) is 46.7 Å². The van der Waals surface area contributed by atoms with Gasteiger partial charge in [-0.15, -0.1) is 0 Å². The SMILES string of the molecule is O=c1[nH]cnc(N2CCCC(CCBr)C2)c1Br. The van der Waals surface area contributed by atoms with E-state index in [0.29, 0.717) is 10.4 Å². The third-order valence-corrected chi connectivity index (χ3v) is 4.29. The summed E-state index contributed by atoms with van der Waals surface area (Å²) in [5, 5.41) is 1.04. The van der Waals surface area contributed by atoms with Gasteiger partial charge in [-0.2, -0.15) is 0 Å². The van der Waals surface area contributed by atoms with Gasteiger partial charge in [0.25, 0.3) is 5.56 Å². The van der Waals surface area contributed by atoms with Gasteiger partial charge in [-0.05, 0) is 41.1 Å². The molecular formula is C11H15Br2N3O. The fourth-order valence-electron chi connectivity index (χ4n) is 2.24. The molecule has 0 aliphatic carbocycles. The van der Waals surface area contributed by atoms with E-state index < -0.39 is 0 Å². The number of anilines is 1. The van der Waals surface area contributed by atoms with Crippen molar-refractivity contribution in [3.63, 3.8) is 0 Å². The van der Waals surface area contributed by atoms with E-state index in [0.717, 1.165) is 24.2 Å². The number of H-pyrrole nitrogens is 1. The zero-order chi connectivity index (χ0) is 12.3. The van der Waals surface area contributed by atoms with Crippen LogP contribution in [0.3, 0.4) is 0 Å². The molecule has 1 aromatic rings. The number of aromatic nitrogens is 2. The lowest BCUT2D eigenvalue weighted by Crippen LogP contribution is -2.37. The number of nitrogens with one attached hydrogen (secondary N) is 1. The Morgan fingerprint density at radius 2 is 2.41 bits per heavy atom. The maximum atomic E-state index is 11.5. The molecule has 94 valence electrons. The number of halogens is 2. The smallest absolute Gasteiger partial charge is 0.267 e. The summed E-state index contributed by atoms with van der Waals surface area (Å²) in [4.78, 5) is 20.6. The van der Waals surface area contributed by atoms with Crippen LogP contribution in [0.2, 0.25) is 0 Å². The Balaban J connectivity index is 2.16. The second-order valence-corrected chi connectivity index (χ2v) is 5.89. The molecule has 1 aliphatic heterocycles. The van der Waals surface area contributed by atoms with Gasteiger partial charge in [-0.1, -0.05) is 15.9 Å². The third-order valence-electron chi connectivity index (χ3n) is 3.11. The molecule has 0 amide bonds. The van der Waals surface area contributed by atoms with Crippen LogP contribution in [-0.2, 0) is 0 Å². The fourth-order valence-corrected chi connectivity index (χ4v) is 3.36. The van der Waals surface area contributed by atoms with Crippen molar-refractivity contribution in [2.24, 2.45) is 5.92 Å². The first-order valence-electron chi connectivity index (χ1n) is 5.76. The Hall–Kier alpha value is -0.360. The first-order chi connectivity index (χ1) is 8.22. The van der Waals surface area contributed by atoms with Crippen molar-refractivity contribution in [1.82, 2.24) is 9.97 Å². The molecule has 1 N–H and O–H groups in total. The fraction of sp³-hybridized carbons (Fsp3) is 0.636. The molecule has 0 aromatic carbocycles. The van der Waals surface area contributed by atoms with Crippen molar-refractivity contribution < 1.29 is 0 Å². The number of aromatic amines is 1. The van der Waals surface area contributed by atoms with Crippen LogP contribution in [0.15, 0.2) is 15.6 Å². The van der Waals surface area contributed by atoms with Crippen molar-refractivity contribution in [3.8, 4) is 0 Å². The maximum Gasteiger partial charge on any atom is 0.267 e. The van der Waals surface area contributed by atoms with E-state index in [-0.39, 0.29) is 5.56 Å². The minimum absolute atomic E-state index is 0.113. The summed E-state index contributed by atoms with van der Waals surface area (Å²) in [6, 6.07) is 0. The van der Waals surface area contributed by atoms with Gasteiger partial charge in [-0.25, -0.2) is 4.98 Å². The highest BCUT2D eigenvalue weighted by Gasteiger charge is 2.22. The largest absolute Gasteiger partial charge is 0.355 e. The zero-order valence-corrected chi connectivity index (χ0v) is 12.6. The molecule has 0 saturated carbocycles. The van der Waals surface area contributed by atoms with Gasteiger partial charge in [0.2, 0.25) is 0 Å². The number of rotatable bonds is 3. The zero-order valence-electron chi connectivity index (χ0n) is 9.46. The summed E-state index contributed by atoms with van der Waals surface area (Å²) in [6.07, 6.45) is 5.08. The molecule has 0 radical (unpaired) electrons. The number of hydrogen-bond acceptors (Lipinski definition) is 3. The number of nitrogens with zero attached hydrogens (tertiary/aromatic N) is 2. The Morgan fingerprint density at radius 3 is 3.18 bits per heavy atom. The molecule has 1 aliphatic rings. The van der Waals surface area contributed by atoms with Gasteiger partial charge in [0.15, 0.2) is 0 Å². The van der Waals surface area contributed by atoms with Crippen LogP contribution in [-0.4, -0.2) is 28.4 Å². The predicted molar refractivity (Wildman–Crippen MR) is 75.9 cm³/mol. The number of hydrogen-bond donors (Lipinski definition) is 1. The average Bonchev–Trinajstić information content (AvgIpc) is 2.33. The highest BCUT2D eigenvalue weighted by molar-refractivity contribution is 9.10. The molecule has 1 aromatic heterocycles. The Kier molecular flexibility index (Phi) is 4.62. The molecule has 4 nitrogen and oxygen atoms in total. The van der Waals surface area contributed by atoms with E-state index in [1.807, 2.05) is 0 Å². The van der Waals surface area contributed by atoms with E-state index in [4.69, 9.17) is 0 Å². The van der Waals surface area contributed by atoms with Crippen LogP contribution in [0.1, 0.15) is 19.3 Å². The van der Waals surface area contributed by atoms with E-state index in [9.17, 15) is 4.79 Å². The highest BCUT2D eigenvalue weighted by atomic mass is 79.9. The van der Waals surface area contributed by atoms with Crippen molar-refractivity contribution in [3.05, 3.63) is 21.2 Å². The molecule has 0 bridgehead atoms. The quantitative estimate of drug-likeness (QED) is 0.838. The van der Waals surface area contributed by atoms with Gasteiger partial charge < -0.3 is 9.88 Å². The summed E-state index contributed by atoms with van der Waals surface area (Å²) in [7, 11) is 0. The summed E-state index contributed by atoms with van der Waals surface area (Å²) < 4.78 is 0.541. The normalized spacial score (nSPS) is 20.6. The lowest BCUT2D eigenvalue weighted by molar-refractivity contribution is 0.405. The van der Waals surface area contributed by atoms with E-state index >= 15 is 0 Å². The lowest BCUT2D eigenvalue weighted by atomic mass is 9.96. The molecule has 17 heavy (non-hydrogen) atoms. The summed E-state index contributed by atoms with van der Waals surface area (Å²) in [6.45, 7) is 1.97. The second kappa shape index (κ2) is 6.00. The predicted octanol–water partition coefficient (Wildman–Crippen LogP) is 2.53. The van der Waals surface area contributed by atoms with E-state index in [1.54, 1.807) is 0 Å². The summed E-state index contributed by atoms with van der Waals surface area (Å²) in [5.41, 5.74) is -0.113. The molecule has 0 spiro atoms. The first-order valence-corrected chi connectivity index (χ1v) is 7.68. The van der Waals surface area contributed by atoms with Crippen molar-refractivity contribution >= 4 is 37.7 Å². The molecule has 2 heterocycles. The maximum absolute atomic E-state index is 11.5. The molecule has 1 unspecified atom stereocenters. The lowest BCUT2D eigenvalue weighted by Gasteiger charge is -2.33. The third kappa shape index (κ3) is 3.10. The van der Waals surface area contributed by atoms with Crippen LogP contribution in [0.5, 0.6) is 0 Å².